The van der Waals surface area contributed by atoms with Crippen molar-refractivity contribution in [1.82, 2.24) is 4.90 Å². The average molecular weight is 343 g/mol. The van der Waals surface area contributed by atoms with Crippen LogP contribution in [0.1, 0.15) is 5.56 Å². The van der Waals surface area contributed by atoms with E-state index in [1.165, 1.54) is 24.1 Å². The SMILES string of the molecule is CN(Cc1ccc(F)cc1F)C(=O)CSc1ccc(F)c(F)c1. The van der Waals surface area contributed by atoms with Crippen molar-refractivity contribution in [2.24, 2.45) is 0 Å². The van der Waals surface area contributed by atoms with Crippen molar-refractivity contribution in [1.29, 1.82) is 0 Å². The first-order valence-electron chi connectivity index (χ1n) is 6.62. The monoisotopic (exact) mass is 343 g/mol. The fraction of sp³-hybridized carbons (Fsp3) is 0.188. The van der Waals surface area contributed by atoms with Crippen LogP contribution in [-0.2, 0) is 11.3 Å². The summed E-state index contributed by atoms with van der Waals surface area (Å²) in [6.07, 6.45) is 0. The number of nitrogens with zero attached hydrogens (tertiary/aromatic N) is 1. The van der Waals surface area contributed by atoms with E-state index in [-0.39, 0.29) is 23.8 Å². The van der Waals surface area contributed by atoms with E-state index in [1.54, 1.807) is 0 Å². The lowest BCUT2D eigenvalue weighted by atomic mass is 10.2. The van der Waals surface area contributed by atoms with Crippen LogP contribution in [0.15, 0.2) is 41.3 Å². The lowest BCUT2D eigenvalue weighted by Gasteiger charge is -2.17. The van der Waals surface area contributed by atoms with Gasteiger partial charge in [0.25, 0.3) is 0 Å². The lowest BCUT2D eigenvalue weighted by molar-refractivity contribution is -0.127. The van der Waals surface area contributed by atoms with Gasteiger partial charge in [0.1, 0.15) is 11.6 Å². The largest absolute Gasteiger partial charge is 0.341 e. The first-order valence-corrected chi connectivity index (χ1v) is 7.61. The summed E-state index contributed by atoms with van der Waals surface area (Å²) in [5.41, 5.74) is 0.195. The molecule has 0 aliphatic rings. The molecule has 122 valence electrons. The van der Waals surface area contributed by atoms with Crippen molar-refractivity contribution in [2.45, 2.75) is 11.4 Å². The van der Waals surface area contributed by atoms with Gasteiger partial charge < -0.3 is 4.90 Å². The lowest BCUT2D eigenvalue weighted by Crippen LogP contribution is -2.28. The number of thioether (sulfide) groups is 1. The van der Waals surface area contributed by atoms with Crippen LogP contribution in [0.4, 0.5) is 17.6 Å². The predicted octanol–water partition coefficient (Wildman–Crippen LogP) is 3.99. The van der Waals surface area contributed by atoms with Gasteiger partial charge in [-0.3, -0.25) is 4.79 Å². The zero-order valence-corrected chi connectivity index (χ0v) is 13.0. The predicted molar refractivity (Wildman–Crippen MR) is 79.9 cm³/mol. The molecule has 0 bridgehead atoms. The first kappa shape index (κ1) is 17.3. The van der Waals surface area contributed by atoms with Crippen molar-refractivity contribution in [3.05, 3.63) is 65.2 Å². The third-order valence-electron chi connectivity index (χ3n) is 3.10. The molecule has 0 N–H and O–H groups in total. The van der Waals surface area contributed by atoms with Gasteiger partial charge in [-0.25, -0.2) is 17.6 Å². The van der Waals surface area contributed by atoms with Crippen LogP contribution in [0.3, 0.4) is 0 Å². The maximum atomic E-state index is 13.5. The number of halogens is 4. The molecule has 23 heavy (non-hydrogen) atoms. The van der Waals surface area contributed by atoms with Gasteiger partial charge in [0.05, 0.1) is 5.75 Å². The molecule has 2 aromatic carbocycles. The van der Waals surface area contributed by atoms with Gasteiger partial charge in [0, 0.05) is 30.1 Å². The average Bonchev–Trinajstić information content (AvgIpc) is 2.50. The van der Waals surface area contributed by atoms with Crippen LogP contribution in [0.2, 0.25) is 0 Å². The summed E-state index contributed by atoms with van der Waals surface area (Å²) in [5, 5.41) is 0. The Hall–Kier alpha value is -2.02. The van der Waals surface area contributed by atoms with E-state index < -0.39 is 23.3 Å². The number of amides is 1. The van der Waals surface area contributed by atoms with Crippen molar-refractivity contribution >= 4 is 17.7 Å². The Kier molecular flexibility index (Phi) is 5.65. The number of carbonyl (C=O) groups excluding carboxylic acids is 1. The Morgan fingerprint density at radius 3 is 2.39 bits per heavy atom. The highest BCUT2D eigenvalue weighted by Crippen LogP contribution is 2.21. The third-order valence-corrected chi connectivity index (χ3v) is 4.08. The highest BCUT2D eigenvalue weighted by atomic mass is 32.2. The highest BCUT2D eigenvalue weighted by Gasteiger charge is 2.13. The Labute approximate surface area is 135 Å². The van der Waals surface area contributed by atoms with Gasteiger partial charge in [0.2, 0.25) is 5.91 Å². The molecule has 0 saturated carbocycles. The molecule has 2 nitrogen and oxygen atoms in total. The summed E-state index contributed by atoms with van der Waals surface area (Å²) in [6.45, 7) is -0.0106. The molecule has 7 heteroatoms. The Morgan fingerprint density at radius 1 is 1.00 bits per heavy atom. The maximum Gasteiger partial charge on any atom is 0.232 e. The molecule has 0 saturated heterocycles. The van der Waals surface area contributed by atoms with Crippen LogP contribution in [0.25, 0.3) is 0 Å². The molecule has 2 rings (SSSR count). The minimum absolute atomic E-state index is 0.00954. The normalized spacial score (nSPS) is 10.7. The van der Waals surface area contributed by atoms with E-state index in [0.717, 1.165) is 36.0 Å². The van der Waals surface area contributed by atoms with Crippen molar-refractivity contribution in [3.8, 4) is 0 Å². The smallest absolute Gasteiger partial charge is 0.232 e. The summed E-state index contributed by atoms with van der Waals surface area (Å²) in [6, 6.07) is 6.51. The molecule has 2 aromatic rings. The van der Waals surface area contributed by atoms with Gasteiger partial charge in [-0.05, 0) is 24.3 Å². The Bertz CT molecular complexity index is 723. The molecule has 0 heterocycles. The molecule has 0 atom stereocenters. The number of carbonyl (C=O) groups is 1. The maximum absolute atomic E-state index is 13.5. The van der Waals surface area contributed by atoms with Crippen molar-refractivity contribution in [3.63, 3.8) is 0 Å². The van der Waals surface area contributed by atoms with E-state index >= 15 is 0 Å². The number of benzene rings is 2. The number of hydrogen-bond acceptors (Lipinski definition) is 2. The Balaban J connectivity index is 1.93. The van der Waals surface area contributed by atoms with Gasteiger partial charge in [-0.1, -0.05) is 6.07 Å². The fourth-order valence-corrected chi connectivity index (χ4v) is 2.68. The minimum Gasteiger partial charge on any atom is -0.341 e. The van der Waals surface area contributed by atoms with E-state index in [2.05, 4.69) is 0 Å². The van der Waals surface area contributed by atoms with E-state index in [4.69, 9.17) is 0 Å². The van der Waals surface area contributed by atoms with E-state index in [0.29, 0.717) is 4.90 Å². The molecule has 0 unspecified atom stereocenters. The molecule has 0 aromatic heterocycles. The first-order chi connectivity index (χ1) is 10.9. The van der Waals surface area contributed by atoms with Gasteiger partial charge in [-0.15, -0.1) is 11.8 Å². The molecule has 0 fully saturated rings. The second-order valence-corrected chi connectivity index (χ2v) is 5.90. The van der Waals surface area contributed by atoms with Crippen molar-refractivity contribution in [2.75, 3.05) is 12.8 Å². The summed E-state index contributed by atoms with van der Waals surface area (Å²) in [4.78, 5) is 13.7. The van der Waals surface area contributed by atoms with Crippen LogP contribution >= 0.6 is 11.8 Å². The molecular weight excluding hydrogens is 330 g/mol. The quantitative estimate of drug-likeness (QED) is 0.604. The molecule has 0 radical (unpaired) electrons. The topological polar surface area (TPSA) is 20.3 Å². The fourth-order valence-electron chi connectivity index (χ4n) is 1.82. The summed E-state index contributed by atoms with van der Waals surface area (Å²) in [7, 11) is 1.48. The standard InChI is InChI=1S/C16H13F4NOS/c1-21(8-10-2-3-11(17)6-14(10)19)16(22)9-23-12-4-5-13(18)15(20)7-12/h2-7H,8-9H2,1H3. The highest BCUT2D eigenvalue weighted by molar-refractivity contribution is 8.00. The molecule has 0 aliphatic carbocycles. The number of rotatable bonds is 5. The zero-order valence-electron chi connectivity index (χ0n) is 12.2. The van der Waals surface area contributed by atoms with Crippen LogP contribution in [-0.4, -0.2) is 23.6 Å². The summed E-state index contributed by atoms with van der Waals surface area (Å²) >= 11 is 1.05. The van der Waals surface area contributed by atoms with Crippen LogP contribution < -0.4 is 0 Å². The molecule has 0 aliphatic heterocycles. The number of hydrogen-bond donors (Lipinski definition) is 0. The van der Waals surface area contributed by atoms with Gasteiger partial charge >= 0.3 is 0 Å². The summed E-state index contributed by atoms with van der Waals surface area (Å²) in [5.74, 6) is -3.67. The van der Waals surface area contributed by atoms with Crippen molar-refractivity contribution < 1.29 is 22.4 Å². The molecule has 0 spiro atoms. The summed E-state index contributed by atoms with van der Waals surface area (Å²) < 4.78 is 52.3. The third kappa shape index (κ3) is 4.72. The second-order valence-electron chi connectivity index (χ2n) is 4.85. The van der Waals surface area contributed by atoms with Gasteiger partial charge in [-0.2, -0.15) is 0 Å². The van der Waals surface area contributed by atoms with E-state index in [1.807, 2.05) is 0 Å². The Morgan fingerprint density at radius 2 is 1.74 bits per heavy atom. The van der Waals surface area contributed by atoms with Crippen LogP contribution in [0, 0.1) is 23.3 Å². The minimum atomic E-state index is -0.982. The zero-order chi connectivity index (χ0) is 17.0. The molecule has 1 amide bonds. The molecular formula is C16H13F4NOS. The van der Waals surface area contributed by atoms with Gasteiger partial charge in [0.15, 0.2) is 11.6 Å². The van der Waals surface area contributed by atoms with Crippen LogP contribution in [0.5, 0.6) is 0 Å². The van der Waals surface area contributed by atoms with E-state index in [9.17, 15) is 22.4 Å². The second kappa shape index (κ2) is 7.50.